The molecular weight excluding hydrogens is 594 g/mol. The second-order valence-corrected chi connectivity index (χ2v) is 12.3. The largest absolute Gasteiger partial charge is 0.497 e. The first kappa shape index (κ1) is 33.5. The minimum Gasteiger partial charge on any atom is -0.497 e. The molecule has 43 heavy (non-hydrogen) atoms. The number of rotatable bonds is 14. The van der Waals surface area contributed by atoms with Crippen LogP contribution in [0, 0.1) is 0 Å². The van der Waals surface area contributed by atoms with Gasteiger partial charge in [0.15, 0.2) is 11.5 Å². The number of benzene rings is 3. The van der Waals surface area contributed by atoms with E-state index in [4.69, 9.17) is 25.8 Å². The molecule has 1 atom stereocenters. The quantitative estimate of drug-likeness (QED) is 0.269. The maximum absolute atomic E-state index is 14.2. The zero-order chi connectivity index (χ0) is 31.7. The molecule has 3 aromatic rings. The third-order valence-corrected chi connectivity index (χ3v) is 8.66. The van der Waals surface area contributed by atoms with Gasteiger partial charge in [-0.05, 0) is 74.4 Å². The SMILES string of the molecule is CCC(C(=O)NC(C)C)N(Cc1cccc(OC)c1)C(=O)CN(c1ccc(Cl)cc1)S(=O)(=O)c1ccc(OC)c(OC)c1. The first-order chi connectivity index (χ1) is 20.4. The Labute approximate surface area is 258 Å². The van der Waals surface area contributed by atoms with Gasteiger partial charge in [-0.3, -0.25) is 13.9 Å². The van der Waals surface area contributed by atoms with E-state index in [0.717, 1.165) is 4.31 Å². The van der Waals surface area contributed by atoms with E-state index in [2.05, 4.69) is 5.32 Å². The van der Waals surface area contributed by atoms with Gasteiger partial charge in [0, 0.05) is 23.7 Å². The van der Waals surface area contributed by atoms with Crippen molar-refractivity contribution in [2.45, 2.75) is 50.7 Å². The van der Waals surface area contributed by atoms with Crippen molar-refractivity contribution in [3.05, 3.63) is 77.3 Å². The fraction of sp³-hybridized carbons (Fsp3) is 0.355. The van der Waals surface area contributed by atoms with Crippen LogP contribution in [0.4, 0.5) is 5.69 Å². The number of hydrogen-bond donors (Lipinski definition) is 1. The molecule has 0 bridgehead atoms. The molecule has 2 amide bonds. The van der Waals surface area contributed by atoms with E-state index in [9.17, 15) is 18.0 Å². The number of nitrogens with one attached hydrogen (secondary N) is 1. The zero-order valence-electron chi connectivity index (χ0n) is 25.2. The van der Waals surface area contributed by atoms with Crippen molar-refractivity contribution in [2.24, 2.45) is 0 Å². The van der Waals surface area contributed by atoms with Crippen LogP contribution in [0.5, 0.6) is 17.2 Å². The van der Waals surface area contributed by atoms with Gasteiger partial charge in [-0.25, -0.2) is 8.42 Å². The van der Waals surface area contributed by atoms with Crippen LogP contribution in [-0.4, -0.2) is 65.1 Å². The third-order valence-electron chi connectivity index (χ3n) is 6.64. The molecule has 0 spiro atoms. The highest BCUT2D eigenvalue weighted by Gasteiger charge is 2.34. The minimum absolute atomic E-state index is 0.0465. The number of amides is 2. The molecule has 12 heteroatoms. The fourth-order valence-electron chi connectivity index (χ4n) is 4.51. The summed E-state index contributed by atoms with van der Waals surface area (Å²) in [4.78, 5) is 28.8. The van der Waals surface area contributed by atoms with Gasteiger partial charge in [-0.2, -0.15) is 0 Å². The van der Waals surface area contributed by atoms with Crippen molar-refractivity contribution in [1.29, 1.82) is 0 Å². The predicted octanol–water partition coefficient (Wildman–Crippen LogP) is 4.89. The molecule has 0 heterocycles. The molecule has 0 aliphatic heterocycles. The first-order valence-electron chi connectivity index (χ1n) is 13.7. The van der Waals surface area contributed by atoms with Gasteiger partial charge in [0.05, 0.1) is 31.9 Å². The molecule has 0 fully saturated rings. The van der Waals surface area contributed by atoms with Crippen LogP contribution in [0.3, 0.4) is 0 Å². The number of sulfonamides is 1. The van der Waals surface area contributed by atoms with Crippen molar-refractivity contribution >= 4 is 39.1 Å². The molecule has 0 saturated carbocycles. The second-order valence-electron chi connectivity index (χ2n) is 9.97. The summed E-state index contributed by atoms with van der Waals surface area (Å²) in [7, 11) is 0.0627. The topological polar surface area (TPSA) is 114 Å². The molecule has 0 saturated heterocycles. The van der Waals surface area contributed by atoms with Gasteiger partial charge < -0.3 is 24.4 Å². The maximum Gasteiger partial charge on any atom is 0.264 e. The highest BCUT2D eigenvalue weighted by molar-refractivity contribution is 7.92. The monoisotopic (exact) mass is 631 g/mol. The summed E-state index contributed by atoms with van der Waals surface area (Å²) in [5.41, 5.74) is 0.929. The van der Waals surface area contributed by atoms with Gasteiger partial charge in [-0.15, -0.1) is 0 Å². The Kier molecular flexibility index (Phi) is 11.7. The Balaban J connectivity index is 2.11. The summed E-state index contributed by atoms with van der Waals surface area (Å²) in [6.45, 7) is 4.92. The summed E-state index contributed by atoms with van der Waals surface area (Å²) in [6.07, 6.45) is 0.303. The fourth-order valence-corrected chi connectivity index (χ4v) is 6.06. The standard InChI is InChI=1S/C31H38ClN3O7S/c1-7-27(31(37)33-21(2)3)34(19-22-9-8-10-25(17-22)40-4)30(36)20-35(24-13-11-23(32)12-14-24)43(38,39)26-15-16-28(41-5)29(18-26)42-6/h8-18,21,27H,7,19-20H2,1-6H3,(H,33,37). The van der Waals surface area contributed by atoms with Gasteiger partial charge in [0.1, 0.15) is 18.3 Å². The molecule has 10 nitrogen and oxygen atoms in total. The summed E-state index contributed by atoms with van der Waals surface area (Å²) < 4.78 is 45.2. The van der Waals surface area contributed by atoms with Crippen molar-refractivity contribution < 1.29 is 32.2 Å². The van der Waals surface area contributed by atoms with Crippen molar-refractivity contribution in [2.75, 3.05) is 32.2 Å². The van der Waals surface area contributed by atoms with Crippen LogP contribution < -0.4 is 23.8 Å². The van der Waals surface area contributed by atoms with E-state index in [0.29, 0.717) is 28.5 Å². The molecular formula is C31H38ClN3O7S. The lowest BCUT2D eigenvalue weighted by atomic mass is 10.1. The van der Waals surface area contributed by atoms with Crippen LogP contribution in [-0.2, 0) is 26.2 Å². The van der Waals surface area contributed by atoms with Crippen molar-refractivity contribution in [3.63, 3.8) is 0 Å². The number of carbonyl (C=O) groups is 2. The van der Waals surface area contributed by atoms with Crippen molar-refractivity contribution in [3.8, 4) is 17.2 Å². The minimum atomic E-state index is -4.32. The van der Waals surface area contributed by atoms with Crippen LogP contribution in [0.2, 0.25) is 5.02 Å². The molecule has 0 aliphatic carbocycles. The normalized spacial score (nSPS) is 11.9. The Morgan fingerprint density at radius 2 is 1.58 bits per heavy atom. The molecule has 3 rings (SSSR count). The highest BCUT2D eigenvalue weighted by atomic mass is 35.5. The Bertz CT molecular complexity index is 1510. The number of ether oxygens (including phenoxy) is 3. The summed E-state index contributed by atoms with van der Waals surface area (Å²) in [5.74, 6) is 0.231. The molecule has 0 radical (unpaired) electrons. The number of halogens is 1. The Hall–Kier alpha value is -3.96. The van der Waals surface area contributed by atoms with Crippen LogP contribution in [0.1, 0.15) is 32.8 Å². The van der Waals surface area contributed by atoms with E-state index in [-0.39, 0.29) is 34.8 Å². The van der Waals surface area contributed by atoms with E-state index in [1.165, 1.54) is 68.7 Å². The maximum atomic E-state index is 14.2. The second kappa shape index (κ2) is 15.0. The van der Waals surface area contributed by atoms with Crippen LogP contribution >= 0.6 is 11.6 Å². The van der Waals surface area contributed by atoms with Gasteiger partial charge in [-0.1, -0.05) is 30.7 Å². The Morgan fingerprint density at radius 1 is 0.907 bits per heavy atom. The number of hydrogen-bond acceptors (Lipinski definition) is 7. The Morgan fingerprint density at radius 3 is 2.16 bits per heavy atom. The predicted molar refractivity (Wildman–Crippen MR) is 166 cm³/mol. The number of carbonyl (C=O) groups excluding carboxylic acids is 2. The lowest BCUT2D eigenvalue weighted by Crippen LogP contribution is -2.53. The smallest absolute Gasteiger partial charge is 0.264 e. The number of nitrogens with zero attached hydrogens (tertiary/aromatic N) is 2. The summed E-state index contributed by atoms with van der Waals surface area (Å²) in [5, 5.41) is 3.28. The summed E-state index contributed by atoms with van der Waals surface area (Å²) >= 11 is 6.10. The molecule has 3 aromatic carbocycles. The van der Waals surface area contributed by atoms with E-state index in [1.807, 2.05) is 19.9 Å². The van der Waals surface area contributed by atoms with E-state index in [1.54, 1.807) is 25.1 Å². The summed E-state index contributed by atoms with van der Waals surface area (Å²) in [6, 6.07) is 16.4. The van der Waals surface area contributed by atoms with Crippen molar-refractivity contribution in [1.82, 2.24) is 10.2 Å². The number of anilines is 1. The average Bonchev–Trinajstić information content (AvgIpc) is 2.99. The lowest BCUT2D eigenvalue weighted by molar-refractivity contribution is -0.140. The van der Waals surface area contributed by atoms with Crippen LogP contribution in [0.15, 0.2) is 71.6 Å². The highest BCUT2D eigenvalue weighted by Crippen LogP contribution is 2.33. The lowest BCUT2D eigenvalue weighted by Gasteiger charge is -2.33. The third kappa shape index (κ3) is 8.32. The zero-order valence-corrected chi connectivity index (χ0v) is 26.7. The average molecular weight is 632 g/mol. The van der Waals surface area contributed by atoms with Crippen LogP contribution in [0.25, 0.3) is 0 Å². The van der Waals surface area contributed by atoms with Gasteiger partial charge in [0.2, 0.25) is 11.8 Å². The molecule has 232 valence electrons. The van der Waals surface area contributed by atoms with E-state index < -0.39 is 28.5 Å². The van der Waals surface area contributed by atoms with E-state index >= 15 is 0 Å². The molecule has 1 N–H and O–H groups in total. The number of methoxy groups -OCH3 is 3. The van der Waals surface area contributed by atoms with Gasteiger partial charge >= 0.3 is 0 Å². The molecule has 1 unspecified atom stereocenters. The first-order valence-corrected chi connectivity index (χ1v) is 15.5. The molecule has 0 aromatic heterocycles. The van der Waals surface area contributed by atoms with Gasteiger partial charge in [0.25, 0.3) is 10.0 Å². The molecule has 0 aliphatic rings.